The van der Waals surface area contributed by atoms with Crippen molar-refractivity contribution in [2.24, 2.45) is 5.92 Å². The van der Waals surface area contributed by atoms with E-state index in [1.54, 1.807) is 18.5 Å². The van der Waals surface area contributed by atoms with E-state index in [2.05, 4.69) is 46.4 Å². The molecule has 186 valence electrons. The van der Waals surface area contributed by atoms with E-state index in [9.17, 15) is 4.79 Å². The van der Waals surface area contributed by atoms with Gasteiger partial charge >= 0.3 is 0 Å². The maximum Gasteiger partial charge on any atom is 0.242 e. The molecule has 35 heavy (non-hydrogen) atoms. The standard InChI is InChI=1S/C27H34FN5O2/c1-18(2)16-33-17-20-8-6-5-7-19(20)11-25(33)27(34)31-24-13-23(28)22(21-14-29-30-15-21)12-26(24)35-10-9-32(3)4/h5-8,12-15,18,25H,9-11,16-17H2,1-4H3,(H,29,30)(H,31,34)/t25-/m1/s1. The number of hydrogen-bond acceptors (Lipinski definition) is 5. The van der Waals surface area contributed by atoms with Gasteiger partial charge in [-0.2, -0.15) is 5.10 Å². The zero-order chi connectivity index (χ0) is 24.9. The number of aromatic amines is 1. The van der Waals surface area contributed by atoms with Gasteiger partial charge in [0.1, 0.15) is 18.2 Å². The Balaban J connectivity index is 1.61. The summed E-state index contributed by atoms with van der Waals surface area (Å²) < 4.78 is 21.1. The van der Waals surface area contributed by atoms with Crippen LogP contribution < -0.4 is 10.1 Å². The van der Waals surface area contributed by atoms with E-state index in [0.717, 1.165) is 6.54 Å². The molecule has 3 aromatic rings. The normalized spacial score (nSPS) is 15.9. The zero-order valence-corrected chi connectivity index (χ0v) is 20.8. The van der Waals surface area contributed by atoms with Gasteiger partial charge in [0.25, 0.3) is 0 Å². The highest BCUT2D eigenvalue weighted by atomic mass is 19.1. The minimum absolute atomic E-state index is 0.159. The number of halogens is 1. The van der Waals surface area contributed by atoms with Crippen LogP contribution in [0.1, 0.15) is 25.0 Å². The number of ether oxygens (including phenoxy) is 1. The zero-order valence-electron chi connectivity index (χ0n) is 20.8. The fraction of sp³-hybridized carbons (Fsp3) is 0.407. The molecule has 7 nitrogen and oxygen atoms in total. The van der Waals surface area contributed by atoms with Gasteiger partial charge in [-0.3, -0.25) is 14.8 Å². The summed E-state index contributed by atoms with van der Waals surface area (Å²) in [5.41, 5.74) is 3.74. The molecule has 0 bridgehead atoms. The topological polar surface area (TPSA) is 73.5 Å². The number of nitrogens with one attached hydrogen (secondary N) is 2. The second-order valence-corrected chi connectivity index (χ2v) is 9.77. The van der Waals surface area contributed by atoms with Crippen LogP contribution in [0.4, 0.5) is 10.1 Å². The first kappa shape index (κ1) is 24.9. The first-order valence-electron chi connectivity index (χ1n) is 12.0. The Bertz CT molecular complexity index is 1150. The van der Waals surface area contributed by atoms with Gasteiger partial charge in [-0.1, -0.05) is 38.1 Å². The van der Waals surface area contributed by atoms with E-state index in [-0.39, 0.29) is 11.9 Å². The van der Waals surface area contributed by atoms with Gasteiger partial charge in [-0.25, -0.2) is 4.39 Å². The smallest absolute Gasteiger partial charge is 0.242 e. The van der Waals surface area contributed by atoms with Gasteiger partial charge in [0.15, 0.2) is 0 Å². The fourth-order valence-electron chi connectivity index (χ4n) is 4.44. The number of benzene rings is 2. The summed E-state index contributed by atoms with van der Waals surface area (Å²) in [6, 6.07) is 10.9. The minimum atomic E-state index is -0.449. The molecule has 1 atom stereocenters. The molecule has 1 amide bonds. The van der Waals surface area contributed by atoms with Crippen LogP contribution in [-0.2, 0) is 17.8 Å². The highest BCUT2D eigenvalue weighted by Crippen LogP contribution is 2.34. The van der Waals surface area contributed by atoms with Crippen LogP contribution in [-0.4, -0.2) is 65.7 Å². The third kappa shape index (κ3) is 6.07. The second kappa shape index (κ2) is 11.0. The Morgan fingerprint density at radius 2 is 2.06 bits per heavy atom. The summed E-state index contributed by atoms with van der Waals surface area (Å²) in [6.45, 7) is 6.90. The van der Waals surface area contributed by atoms with Gasteiger partial charge in [-0.05, 0) is 43.6 Å². The van der Waals surface area contributed by atoms with E-state index in [0.29, 0.717) is 54.6 Å². The van der Waals surface area contributed by atoms with Crippen molar-refractivity contribution in [3.05, 3.63) is 65.7 Å². The molecule has 0 saturated heterocycles. The maximum absolute atomic E-state index is 15.1. The third-order valence-corrected chi connectivity index (χ3v) is 6.18. The van der Waals surface area contributed by atoms with Crippen molar-refractivity contribution < 1.29 is 13.9 Å². The largest absolute Gasteiger partial charge is 0.490 e. The Kier molecular flexibility index (Phi) is 7.83. The number of carbonyl (C=O) groups excluding carboxylic acids is 1. The lowest BCUT2D eigenvalue weighted by atomic mass is 9.92. The van der Waals surface area contributed by atoms with E-state index in [1.165, 1.54) is 17.2 Å². The molecule has 1 aromatic heterocycles. The van der Waals surface area contributed by atoms with Crippen molar-refractivity contribution in [3.63, 3.8) is 0 Å². The van der Waals surface area contributed by atoms with Crippen LogP contribution in [0.2, 0.25) is 0 Å². The number of likely N-dealkylation sites (N-methyl/N-ethyl adjacent to an activating group) is 1. The predicted molar refractivity (Wildman–Crippen MR) is 136 cm³/mol. The Labute approximate surface area is 206 Å². The summed E-state index contributed by atoms with van der Waals surface area (Å²) in [5, 5.41) is 9.62. The quantitative estimate of drug-likeness (QED) is 0.482. The molecule has 2 aromatic carbocycles. The van der Waals surface area contributed by atoms with Crippen molar-refractivity contribution in [3.8, 4) is 16.9 Å². The molecule has 0 aliphatic carbocycles. The summed E-state index contributed by atoms with van der Waals surface area (Å²) >= 11 is 0. The molecule has 1 aliphatic heterocycles. The Hall–Kier alpha value is -3.23. The molecule has 0 spiro atoms. The lowest BCUT2D eigenvalue weighted by molar-refractivity contribution is -0.122. The number of amides is 1. The lowest BCUT2D eigenvalue weighted by Gasteiger charge is -2.37. The van der Waals surface area contributed by atoms with Gasteiger partial charge in [0.05, 0.1) is 17.9 Å². The molecule has 0 fully saturated rings. The average molecular weight is 480 g/mol. The summed E-state index contributed by atoms with van der Waals surface area (Å²) in [5.74, 6) is 0.236. The number of aromatic nitrogens is 2. The Morgan fingerprint density at radius 3 is 2.74 bits per heavy atom. The molecule has 8 heteroatoms. The van der Waals surface area contributed by atoms with E-state index in [1.807, 2.05) is 31.1 Å². The monoisotopic (exact) mass is 479 g/mol. The van der Waals surface area contributed by atoms with Crippen molar-refractivity contribution in [2.45, 2.75) is 32.9 Å². The second-order valence-electron chi connectivity index (χ2n) is 9.77. The van der Waals surface area contributed by atoms with Crippen molar-refractivity contribution in [1.29, 1.82) is 0 Å². The van der Waals surface area contributed by atoms with Gasteiger partial charge in [0.2, 0.25) is 5.91 Å². The highest BCUT2D eigenvalue weighted by Gasteiger charge is 2.32. The molecule has 0 saturated carbocycles. The molecule has 2 N–H and O–H groups in total. The van der Waals surface area contributed by atoms with Gasteiger partial charge < -0.3 is 15.0 Å². The number of fused-ring (bicyclic) bond motifs is 1. The van der Waals surface area contributed by atoms with Crippen LogP contribution in [0.5, 0.6) is 5.75 Å². The van der Waals surface area contributed by atoms with Crippen molar-refractivity contribution in [2.75, 3.05) is 39.1 Å². The van der Waals surface area contributed by atoms with Crippen LogP contribution in [0.15, 0.2) is 48.8 Å². The summed E-state index contributed by atoms with van der Waals surface area (Å²) in [4.78, 5) is 17.8. The first-order chi connectivity index (χ1) is 16.8. The number of nitrogens with zero attached hydrogens (tertiary/aromatic N) is 3. The van der Waals surface area contributed by atoms with Crippen LogP contribution in [0.3, 0.4) is 0 Å². The third-order valence-electron chi connectivity index (χ3n) is 6.18. The van der Waals surface area contributed by atoms with E-state index in [4.69, 9.17) is 4.74 Å². The molecular formula is C27H34FN5O2. The average Bonchev–Trinajstić information content (AvgIpc) is 3.34. The highest BCUT2D eigenvalue weighted by molar-refractivity contribution is 5.97. The molecule has 0 unspecified atom stereocenters. The van der Waals surface area contributed by atoms with E-state index < -0.39 is 5.82 Å². The predicted octanol–water partition coefficient (Wildman–Crippen LogP) is 4.18. The van der Waals surface area contributed by atoms with Crippen LogP contribution in [0.25, 0.3) is 11.1 Å². The molecule has 1 aliphatic rings. The van der Waals surface area contributed by atoms with Gasteiger partial charge in [-0.15, -0.1) is 0 Å². The van der Waals surface area contributed by atoms with Crippen LogP contribution >= 0.6 is 0 Å². The number of H-pyrrole nitrogens is 1. The fourth-order valence-corrected chi connectivity index (χ4v) is 4.44. The molecule has 4 rings (SSSR count). The van der Waals surface area contributed by atoms with Crippen LogP contribution in [0, 0.1) is 11.7 Å². The van der Waals surface area contributed by atoms with Crippen molar-refractivity contribution >= 4 is 11.6 Å². The van der Waals surface area contributed by atoms with Gasteiger partial charge in [0, 0.05) is 43.0 Å². The number of rotatable bonds is 9. The first-order valence-corrected chi connectivity index (χ1v) is 12.0. The number of anilines is 1. The summed E-state index contributed by atoms with van der Waals surface area (Å²) in [7, 11) is 3.91. The Morgan fingerprint density at radius 1 is 1.29 bits per heavy atom. The SMILES string of the molecule is CC(C)CN1Cc2ccccc2C[C@@H]1C(=O)Nc1cc(F)c(-c2cn[nH]c2)cc1OCCN(C)C. The van der Waals surface area contributed by atoms with E-state index >= 15 is 4.39 Å². The summed E-state index contributed by atoms with van der Waals surface area (Å²) in [6.07, 6.45) is 3.80. The maximum atomic E-state index is 15.1. The molecular weight excluding hydrogens is 445 g/mol. The number of hydrogen-bond donors (Lipinski definition) is 2. The lowest BCUT2D eigenvalue weighted by Crippen LogP contribution is -2.49. The number of carbonyl (C=O) groups is 1. The molecule has 0 radical (unpaired) electrons. The minimum Gasteiger partial charge on any atom is -0.490 e. The van der Waals surface area contributed by atoms with Crippen molar-refractivity contribution in [1.82, 2.24) is 20.0 Å². The molecule has 2 heterocycles.